The zero-order chi connectivity index (χ0) is 25.1. The highest BCUT2D eigenvalue weighted by Crippen LogP contribution is 2.51. The number of ether oxygens (including phenoxy) is 1. The van der Waals surface area contributed by atoms with Crippen molar-refractivity contribution < 1.29 is 9.84 Å². The van der Waals surface area contributed by atoms with Crippen molar-refractivity contribution in [3.05, 3.63) is 116 Å². The lowest BCUT2D eigenvalue weighted by Gasteiger charge is -2.31. The number of unbranched alkanes of at least 4 members (excludes halogenated alkanes) is 1. The van der Waals surface area contributed by atoms with Crippen molar-refractivity contribution in [2.24, 2.45) is 5.92 Å². The van der Waals surface area contributed by atoms with Crippen molar-refractivity contribution in [2.45, 2.75) is 38.0 Å². The van der Waals surface area contributed by atoms with Gasteiger partial charge in [0.15, 0.2) is 5.75 Å². The number of fused-ring (bicyclic) bond motifs is 1. The van der Waals surface area contributed by atoms with Crippen molar-refractivity contribution in [3.63, 3.8) is 0 Å². The second kappa shape index (κ2) is 10.0. The normalized spacial score (nSPS) is 20.0. The molecule has 0 radical (unpaired) electrons. The van der Waals surface area contributed by atoms with Gasteiger partial charge in [0.05, 0.1) is 12.1 Å². The third-order valence-electron chi connectivity index (χ3n) is 7.47. The van der Waals surface area contributed by atoms with Crippen LogP contribution in [-0.2, 0) is 5.41 Å². The molecule has 5 nitrogen and oxygen atoms in total. The summed E-state index contributed by atoms with van der Waals surface area (Å²) in [6, 6.07) is 18.0. The zero-order valence-corrected chi connectivity index (χ0v) is 20.5. The summed E-state index contributed by atoms with van der Waals surface area (Å²) in [7, 11) is 0. The SMILES string of the molecule is CC1(CCCCC2C=CC=C2)/C(=C\c2c(O)c(=O)c2=O)N(CCOc2ccccc2)c2ccccc21. The molecule has 1 aliphatic carbocycles. The number of hydrogen-bond donors (Lipinski definition) is 1. The number of para-hydroxylation sites is 2. The minimum Gasteiger partial charge on any atom is -0.504 e. The predicted molar refractivity (Wildman–Crippen MR) is 144 cm³/mol. The quantitative estimate of drug-likeness (QED) is 0.306. The van der Waals surface area contributed by atoms with Crippen molar-refractivity contribution in [2.75, 3.05) is 18.1 Å². The van der Waals surface area contributed by atoms with E-state index in [1.165, 1.54) is 5.56 Å². The Morgan fingerprint density at radius 1 is 0.972 bits per heavy atom. The van der Waals surface area contributed by atoms with Gasteiger partial charge in [-0.3, -0.25) is 9.59 Å². The first-order valence-electron chi connectivity index (χ1n) is 12.6. The molecule has 0 amide bonds. The molecule has 3 aromatic rings. The molecule has 1 aliphatic heterocycles. The molecular formula is C31H31NO4. The Morgan fingerprint density at radius 2 is 1.69 bits per heavy atom. The Bertz CT molecular complexity index is 1380. The maximum absolute atomic E-state index is 12.3. The first kappa shape index (κ1) is 23.9. The van der Waals surface area contributed by atoms with Crippen LogP contribution in [0.3, 0.4) is 0 Å². The highest BCUT2D eigenvalue weighted by molar-refractivity contribution is 5.78. The van der Waals surface area contributed by atoms with Crippen molar-refractivity contribution >= 4 is 11.8 Å². The number of aromatic hydroxyl groups is 1. The van der Waals surface area contributed by atoms with E-state index in [1.54, 1.807) is 6.08 Å². The highest BCUT2D eigenvalue weighted by atomic mass is 16.5. The molecule has 2 aliphatic rings. The first-order chi connectivity index (χ1) is 17.5. The summed E-state index contributed by atoms with van der Waals surface area (Å²) >= 11 is 0. The van der Waals surface area contributed by atoms with E-state index >= 15 is 0 Å². The van der Waals surface area contributed by atoms with E-state index in [9.17, 15) is 14.7 Å². The van der Waals surface area contributed by atoms with Crippen LogP contribution in [0.25, 0.3) is 6.08 Å². The van der Waals surface area contributed by atoms with Crippen molar-refractivity contribution in [1.29, 1.82) is 0 Å². The Labute approximate surface area is 211 Å². The summed E-state index contributed by atoms with van der Waals surface area (Å²) in [5.74, 6) is 0.871. The number of benzene rings is 2. The molecule has 0 bridgehead atoms. The monoisotopic (exact) mass is 481 g/mol. The van der Waals surface area contributed by atoms with E-state index in [4.69, 9.17) is 4.74 Å². The lowest BCUT2D eigenvalue weighted by molar-refractivity contribution is 0.325. The maximum Gasteiger partial charge on any atom is 0.268 e. The van der Waals surface area contributed by atoms with Gasteiger partial charge in [0, 0.05) is 16.8 Å². The molecule has 36 heavy (non-hydrogen) atoms. The van der Waals surface area contributed by atoms with Gasteiger partial charge in [-0.25, -0.2) is 0 Å². The van der Waals surface area contributed by atoms with Crippen LogP contribution in [0.2, 0.25) is 0 Å². The Hall–Kier alpha value is -3.86. The smallest absolute Gasteiger partial charge is 0.268 e. The zero-order valence-electron chi connectivity index (χ0n) is 20.5. The van der Waals surface area contributed by atoms with Gasteiger partial charge >= 0.3 is 0 Å². The van der Waals surface area contributed by atoms with Gasteiger partial charge in [-0.15, -0.1) is 0 Å². The second-order valence-electron chi connectivity index (χ2n) is 9.79. The Kier molecular flexibility index (Phi) is 6.64. The molecule has 0 fully saturated rings. The van der Waals surface area contributed by atoms with E-state index in [2.05, 4.69) is 48.3 Å². The molecule has 0 spiro atoms. The molecule has 1 N–H and O–H groups in total. The minimum absolute atomic E-state index is 0.101. The van der Waals surface area contributed by atoms with Crippen LogP contribution >= 0.6 is 0 Å². The van der Waals surface area contributed by atoms with Gasteiger partial charge < -0.3 is 14.7 Å². The molecule has 0 saturated carbocycles. The molecule has 1 atom stereocenters. The predicted octanol–water partition coefficient (Wildman–Crippen LogP) is 5.49. The molecule has 0 aromatic heterocycles. The minimum atomic E-state index is -0.810. The molecular weight excluding hydrogens is 450 g/mol. The van der Waals surface area contributed by atoms with Crippen molar-refractivity contribution in [3.8, 4) is 11.5 Å². The Balaban J connectivity index is 1.43. The summed E-state index contributed by atoms with van der Waals surface area (Å²) in [5.41, 5.74) is 1.48. The second-order valence-corrected chi connectivity index (χ2v) is 9.79. The van der Waals surface area contributed by atoms with Gasteiger partial charge in [-0.05, 0) is 55.5 Å². The average molecular weight is 482 g/mol. The summed E-state index contributed by atoms with van der Waals surface area (Å²) in [6.45, 7) is 3.22. The van der Waals surface area contributed by atoms with E-state index in [-0.39, 0.29) is 11.0 Å². The van der Waals surface area contributed by atoms with E-state index < -0.39 is 16.6 Å². The number of rotatable bonds is 10. The van der Waals surface area contributed by atoms with Gasteiger partial charge in [-0.2, -0.15) is 0 Å². The van der Waals surface area contributed by atoms with Gasteiger partial charge in [-0.1, -0.05) is 73.5 Å². The van der Waals surface area contributed by atoms with Crippen LogP contribution in [0.1, 0.15) is 43.7 Å². The fraction of sp³-hybridized carbons (Fsp3) is 0.290. The third kappa shape index (κ3) is 4.41. The summed E-state index contributed by atoms with van der Waals surface area (Å²) in [6.07, 6.45) is 14.5. The van der Waals surface area contributed by atoms with Crippen LogP contribution < -0.4 is 20.5 Å². The third-order valence-corrected chi connectivity index (χ3v) is 7.47. The fourth-order valence-electron chi connectivity index (χ4n) is 5.45. The molecule has 1 heterocycles. The summed E-state index contributed by atoms with van der Waals surface area (Å²) < 4.78 is 6.00. The topological polar surface area (TPSA) is 66.8 Å². The van der Waals surface area contributed by atoms with Gasteiger partial charge in [0.25, 0.3) is 5.43 Å². The molecule has 5 heteroatoms. The molecule has 3 aromatic carbocycles. The summed E-state index contributed by atoms with van der Waals surface area (Å²) in [5, 5.41) is 10.1. The lowest BCUT2D eigenvalue weighted by Crippen LogP contribution is -2.35. The van der Waals surface area contributed by atoms with Crippen LogP contribution in [0.4, 0.5) is 5.69 Å². The fourth-order valence-corrected chi connectivity index (χ4v) is 5.45. The van der Waals surface area contributed by atoms with Gasteiger partial charge in [0.1, 0.15) is 12.4 Å². The van der Waals surface area contributed by atoms with Crippen LogP contribution in [0, 0.1) is 5.92 Å². The molecule has 5 rings (SSSR count). The lowest BCUT2D eigenvalue weighted by atomic mass is 9.76. The largest absolute Gasteiger partial charge is 0.504 e. The van der Waals surface area contributed by atoms with Crippen LogP contribution in [0.15, 0.2) is 94.2 Å². The average Bonchev–Trinajstić information content (AvgIpc) is 3.51. The molecule has 0 saturated heterocycles. The van der Waals surface area contributed by atoms with E-state index in [0.717, 1.165) is 42.8 Å². The van der Waals surface area contributed by atoms with E-state index in [0.29, 0.717) is 19.1 Å². The Morgan fingerprint density at radius 3 is 2.44 bits per heavy atom. The van der Waals surface area contributed by atoms with Crippen molar-refractivity contribution in [1.82, 2.24) is 0 Å². The maximum atomic E-state index is 12.3. The number of nitrogens with zero attached hydrogens (tertiary/aromatic N) is 1. The van der Waals surface area contributed by atoms with E-state index in [1.807, 2.05) is 42.5 Å². The molecule has 1 unspecified atom stereocenters. The first-order valence-corrected chi connectivity index (χ1v) is 12.6. The number of hydrogen-bond acceptors (Lipinski definition) is 5. The van der Waals surface area contributed by atoms with Gasteiger partial charge in [0.2, 0.25) is 5.43 Å². The van der Waals surface area contributed by atoms with Crippen LogP contribution in [0.5, 0.6) is 11.5 Å². The number of anilines is 1. The standard InChI is InChI=1S/C31H31NO4/c1-31(18-10-9-13-22-11-5-6-12-22)25-16-7-8-17-26(25)32(19-20-36-23-14-3-2-4-15-23)27(31)21-24-28(33)30(35)29(24)34/h2-8,11-12,14-17,21-22,33H,9-10,13,18-20H2,1H3/b27-21+. The van der Waals surface area contributed by atoms with Crippen LogP contribution in [-0.4, -0.2) is 18.3 Å². The number of allylic oxidation sites excluding steroid dienone is 5. The molecule has 184 valence electrons. The summed E-state index contributed by atoms with van der Waals surface area (Å²) in [4.78, 5) is 26.2. The highest BCUT2D eigenvalue weighted by Gasteiger charge is 2.43.